The minimum Gasteiger partial charge on any atom is -0.381 e. The number of nitrogens with zero attached hydrogens (tertiary/aromatic N) is 4. The van der Waals surface area contributed by atoms with Gasteiger partial charge in [-0.2, -0.15) is 0 Å². The van der Waals surface area contributed by atoms with Crippen molar-refractivity contribution in [1.29, 1.82) is 0 Å². The molecule has 1 aromatic heterocycles. The van der Waals surface area contributed by atoms with Crippen molar-refractivity contribution in [3.05, 3.63) is 5.82 Å². The van der Waals surface area contributed by atoms with Crippen molar-refractivity contribution < 1.29 is 9.47 Å². The predicted molar refractivity (Wildman–Crippen MR) is 60.2 cm³/mol. The van der Waals surface area contributed by atoms with Crippen molar-refractivity contribution in [1.82, 2.24) is 20.2 Å². The average molecular weight is 241 g/mol. The normalized spacial score (nSPS) is 19.4. The first-order valence-corrected chi connectivity index (χ1v) is 6.01. The minimum atomic E-state index is -0.411. The van der Waals surface area contributed by atoms with Gasteiger partial charge in [0.15, 0.2) is 5.82 Å². The Kier molecular flexibility index (Phi) is 4.03. The molecule has 7 nitrogen and oxygen atoms in total. The van der Waals surface area contributed by atoms with E-state index in [-0.39, 0.29) is 0 Å². The van der Waals surface area contributed by atoms with Gasteiger partial charge < -0.3 is 15.2 Å². The smallest absolute Gasteiger partial charge is 0.183 e. The molecule has 0 atom stereocenters. The molecule has 0 aliphatic carbocycles. The highest BCUT2D eigenvalue weighted by Crippen LogP contribution is 2.34. The second kappa shape index (κ2) is 5.52. The van der Waals surface area contributed by atoms with E-state index in [2.05, 4.69) is 15.5 Å². The van der Waals surface area contributed by atoms with E-state index in [4.69, 9.17) is 15.2 Å². The van der Waals surface area contributed by atoms with Gasteiger partial charge in [-0.1, -0.05) is 0 Å². The van der Waals surface area contributed by atoms with Crippen LogP contribution in [0.2, 0.25) is 0 Å². The molecule has 0 radical (unpaired) electrons. The molecule has 0 bridgehead atoms. The molecule has 0 aromatic carbocycles. The van der Waals surface area contributed by atoms with Crippen molar-refractivity contribution in [3.63, 3.8) is 0 Å². The van der Waals surface area contributed by atoms with Gasteiger partial charge in [0.1, 0.15) is 5.60 Å². The highest BCUT2D eigenvalue weighted by atomic mass is 16.5. The summed E-state index contributed by atoms with van der Waals surface area (Å²) in [6.45, 7) is 5.09. The zero-order chi connectivity index (χ0) is 12.1. The summed E-state index contributed by atoms with van der Waals surface area (Å²) in [5.41, 5.74) is 5.14. The van der Waals surface area contributed by atoms with Gasteiger partial charge in [-0.25, -0.2) is 4.68 Å². The number of nitrogens with two attached hydrogens (primary N) is 1. The van der Waals surface area contributed by atoms with Crippen LogP contribution in [0.4, 0.5) is 0 Å². The number of tetrazole rings is 1. The number of hydrogen-bond acceptors (Lipinski definition) is 6. The molecule has 0 amide bonds. The van der Waals surface area contributed by atoms with Gasteiger partial charge >= 0.3 is 0 Å². The summed E-state index contributed by atoms with van der Waals surface area (Å²) in [4.78, 5) is 0. The first-order valence-electron chi connectivity index (χ1n) is 6.01. The molecule has 96 valence electrons. The van der Waals surface area contributed by atoms with Crippen molar-refractivity contribution >= 4 is 0 Å². The molecule has 17 heavy (non-hydrogen) atoms. The van der Waals surface area contributed by atoms with Gasteiger partial charge in [0.2, 0.25) is 0 Å². The SMILES string of the molecule is CCOC1(c2nnnn2CCN)CCOCC1. The van der Waals surface area contributed by atoms with Gasteiger partial charge in [-0.15, -0.1) is 5.10 Å². The fourth-order valence-electron chi connectivity index (χ4n) is 2.21. The van der Waals surface area contributed by atoms with Crippen LogP contribution < -0.4 is 5.73 Å². The second-order valence-corrected chi connectivity index (χ2v) is 4.05. The van der Waals surface area contributed by atoms with E-state index >= 15 is 0 Å². The van der Waals surface area contributed by atoms with Gasteiger partial charge in [-0.3, -0.25) is 0 Å². The predicted octanol–water partition coefficient (Wildman–Crippen LogP) is -0.326. The summed E-state index contributed by atoms with van der Waals surface area (Å²) >= 11 is 0. The Hall–Kier alpha value is -1.05. The average Bonchev–Trinajstić information content (AvgIpc) is 2.80. The van der Waals surface area contributed by atoms with Gasteiger partial charge in [0.05, 0.1) is 6.54 Å². The maximum atomic E-state index is 5.92. The van der Waals surface area contributed by atoms with Crippen LogP contribution in [0.15, 0.2) is 0 Å². The molecule has 0 saturated carbocycles. The summed E-state index contributed by atoms with van der Waals surface area (Å²) in [6.07, 6.45) is 1.57. The number of hydrogen-bond donors (Lipinski definition) is 1. The van der Waals surface area contributed by atoms with Gasteiger partial charge in [-0.05, 0) is 17.4 Å². The lowest BCUT2D eigenvalue weighted by atomic mass is 9.93. The van der Waals surface area contributed by atoms with Crippen LogP contribution in [-0.2, 0) is 21.6 Å². The van der Waals surface area contributed by atoms with Crippen LogP contribution in [0, 0.1) is 0 Å². The molecule has 1 saturated heterocycles. The summed E-state index contributed by atoms with van der Waals surface area (Å²) < 4.78 is 13.0. The first-order chi connectivity index (χ1) is 8.32. The zero-order valence-electron chi connectivity index (χ0n) is 10.1. The number of rotatable bonds is 5. The fourth-order valence-corrected chi connectivity index (χ4v) is 2.21. The monoisotopic (exact) mass is 241 g/mol. The molecule has 2 heterocycles. The van der Waals surface area contributed by atoms with E-state index in [1.165, 1.54) is 0 Å². The lowest BCUT2D eigenvalue weighted by Gasteiger charge is -2.35. The lowest BCUT2D eigenvalue weighted by molar-refractivity contribution is -0.120. The van der Waals surface area contributed by atoms with Crippen molar-refractivity contribution in [3.8, 4) is 0 Å². The Bertz CT molecular complexity index is 343. The third-order valence-electron chi connectivity index (χ3n) is 3.00. The Morgan fingerprint density at radius 2 is 2.24 bits per heavy atom. The third kappa shape index (κ3) is 2.46. The maximum Gasteiger partial charge on any atom is 0.183 e. The Morgan fingerprint density at radius 3 is 2.88 bits per heavy atom. The Labute approximate surface area is 100 Å². The van der Waals surface area contributed by atoms with E-state index in [1.54, 1.807) is 4.68 Å². The minimum absolute atomic E-state index is 0.411. The van der Waals surface area contributed by atoms with Crippen LogP contribution in [0.3, 0.4) is 0 Å². The molecule has 0 unspecified atom stereocenters. The summed E-state index contributed by atoms with van der Waals surface area (Å²) in [5.74, 6) is 0.771. The number of aromatic nitrogens is 4. The Morgan fingerprint density at radius 1 is 1.47 bits per heavy atom. The van der Waals surface area contributed by atoms with Crippen LogP contribution >= 0.6 is 0 Å². The van der Waals surface area contributed by atoms with Crippen LogP contribution in [0.25, 0.3) is 0 Å². The highest BCUT2D eigenvalue weighted by Gasteiger charge is 2.40. The van der Waals surface area contributed by atoms with Crippen molar-refractivity contribution in [2.45, 2.75) is 31.9 Å². The highest BCUT2D eigenvalue weighted by molar-refractivity contribution is 5.02. The molecule has 2 rings (SSSR count). The fraction of sp³-hybridized carbons (Fsp3) is 0.900. The summed E-state index contributed by atoms with van der Waals surface area (Å²) in [7, 11) is 0. The molecule has 1 aromatic rings. The third-order valence-corrected chi connectivity index (χ3v) is 3.00. The number of ether oxygens (including phenoxy) is 2. The molecular weight excluding hydrogens is 222 g/mol. The molecule has 2 N–H and O–H groups in total. The van der Waals surface area contributed by atoms with E-state index < -0.39 is 5.60 Å². The van der Waals surface area contributed by atoms with E-state index in [9.17, 15) is 0 Å². The van der Waals surface area contributed by atoms with E-state index in [1.807, 2.05) is 6.92 Å². The van der Waals surface area contributed by atoms with Crippen molar-refractivity contribution in [2.24, 2.45) is 5.73 Å². The zero-order valence-corrected chi connectivity index (χ0v) is 10.1. The van der Waals surface area contributed by atoms with Crippen LogP contribution in [0.1, 0.15) is 25.6 Å². The quantitative estimate of drug-likeness (QED) is 0.759. The molecule has 1 aliphatic heterocycles. The van der Waals surface area contributed by atoms with E-state index in [0.29, 0.717) is 32.9 Å². The van der Waals surface area contributed by atoms with Crippen molar-refractivity contribution in [2.75, 3.05) is 26.4 Å². The molecular formula is C10H19N5O2. The standard InChI is InChI=1S/C10H19N5O2/c1-2-17-10(3-7-16-8-4-10)9-12-13-14-15(9)6-5-11/h2-8,11H2,1H3. The summed E-state index contributed by atoms with van der Waals surface area (Å²) in [6, 6.07) is 0. The molecule has 7 heteroatoms. The molecule has 0 spiro atoms. The molecule has 1 fully saturated rings. The first kappa shape index (κ1) is 12.4. The second-order valence-electron chi connectivity index (χ2n) is 4.05. The van der Waals surface area contributed by atoms with E-state index in [0.717, 1.165) is 18.7 Å². The maximum absolute atomic E-state index is 5.92. The van der Waals surface area contributed by atoms with Crippen LogP contribution in [0.5, 0.6) is 0 Å². The Balaban J connectivity index is 2.27. The summed E-state index contributed by atoms with van der Waals surface area (Å²) in [5, 5.41) is 11.8. The van der Waals surface area contributed by atoms with Crippen LogP contribution in [-0.4, -0.2) is 46.6 Å². The molecule has 1 aliphatic rings. The lowest BCUT2D eigenvalue weighted by Crippen LogP contribution is -2.39. The van der Waals surface area contributed by atoms with Gasteiger partial charge in [0.25, 0.3) is 0 Å². The topological polar surface area (TPSA) is 88.1 Å². The van der Waals surface area contributed by atoms with Gasteiger partial charge in [0, 0.05) is 39.2 Å². The largest absolute Gasteiger partial charge is 0.381 e.